The van der Waals surface area contributed by atoms with E-state index < -0.39 is 0 Å². The molecule has 0 fully saturated rings. The Bertz CT molecular complexity index is 5540. The van der Waals surface area contributed by atoms with Gasteiger partial charge in [-0.3, -0.25) is 15.0 Å². The average molecular weight is 1380 g/mol. The first kappa shape index (κ1) is 71.1. The minimum atomic E-state index is 0.693. The highest BCUT2D eigenvalue weighted by atomic mass is 15.0. The Hall–Kier alpha value is -12.3. The normalized spacial score (nSPS) is 11.1. The summed E-state index contributed by atoms with van der Waals surface area (Å²) in [5, 5.41) is 9.66. The summed E-state index contributed by atoms with van der Waals surface area (Å²) in [5.41, 5.74) is 33.3. The Morgan fingerprint density at radius 1 is 0.248 bits per heavy atom. The molecule has 0 radical (unpaired) electrons. The van der Waals surface area contributed by atoms with Crippen LogP contribution in [0.1, 0.15) is 72.3 Å². The molecule has 0 unspecified atom stereocenters. The Balaban J connectivity index is 0.000000124. The number of rotatable bonds is 8. The van der Waals surface area contributed by atoms with Gasteiger partial charge in [0.25, 0.3) is 0 Å². The maximum absolute atomic E-state index is 4.57. The molecule has 0 saturated heterocycles. The van der Waals surface area contributed by atoms with Crippen molar-refractivity contribution in [3.05, 3.63) is 311 Å². The topological polar surface area (TPSA) is 119 Å². The number of pyridine rings is 5. The number of fused-ring (bicyclic) bond motifs is 4. The summed E-state index contributed by atoms with van der Waals surface area (Å²) in [4.78, 5) is 34.2. The number of aryl methyl sites for hydroxylation is 13. The number of hydrogen-bond donors (Lipinski definition) is 0. The summed E-state index contributed by atoms with van der Waals surface area (Å²) in [6, 6.07) is 59.0. The summed E-state index contributed by atoms with van der Waals surface area (Å²) < 4.78 is 8.85. The molecule has 16 aromatic rings. The van der Waals surface area contributed by atoms with Crippen molar-refractivity contribution >= 4 is 43.1 Å². The number of nitrogens with zero attached hydrogens (tertiary/aromatic N) is 12. The minimum absolute atomic E-state index is 0.693. The molecule has 8 aromatic heterocycles. The molecular weight excluding hydrogens is 1290 g/mol. The first-order valence-electron chi connectivity index (χ1n) is 35.7. The minimum Gasteiger partial charge on any atom is -0.261 e. The van der Waals surface area contributed by atoms with Gasteiger partial charge in [0.15, 0.2) is 36.4 Å². The maximum Gasteiger partial charge on any atom is 0.213 e. The molecule has 0 saturated carbocycles. The predicted molar refractivity (Wildman–Crippen MR) is 428 cm³/mol. The van der Waals surface area contributed by atoms with Crippen molar-refractivity contribution in [3.63, 3.8) is 0 Å². The quantitative estimate of drug-likeness (QED) is 0.138. The smallest absolute Gasteiger partial charge is 0.213 e. The van der Waals surface area contributed by atoms with E-state index in [0.29, 0.717) is 5.82 Å². The molecule has 518 valence electrons. The first-order valence-corrected chi connectivity index (χ1v) is 35.7. The van der Waals surface area contributed by atoms with Crippen LogP contribution in [0.2, 0.25) is 0 Å². The zero-order chi connectivity index (χ0) is 73.9. The van der Waals surface area contributed by atoms with Crippen LogP contribution in [0.3, 0.4) is 0 Å². The molecule has 0 aliphatic carbocycles. The molecular formula is C93H90N12+4. The van der Waals surface area contributed by atoms with Gasteiger partial charge in [-0.15, -0.1) is 0 Å². The van der Waals surface area contributed by atoms with Crippen molar-refractivity contribution in [2.45, 2.75) is 90.0 Å². The first-order chi connectivity index (χ1) is 50.5. The van der Waals surface area contributed by atoms with Gasteiger partial charge in [0.05, 0.1) is 17.6 Å². The van der Waals surface area contributed by atoms with E-state index in [2.05, 4.69) is 359 Å². The molecule has 8 aromatic carbocycles. The van der Waals surface area contributed by atoms with Crippen LogP contribution >= 0.6 is 0 Å². The fourth-order valence-electron chi connectivity index (χ4n) is 14.2. The monoisotopic (exact) mass is 1370 g/mol. The molecule has 0 aliphatic rings. The highest BCUT2D eigenvalue weighted by Crippen LogP contribution is 2.34. The standard InChI is InChI=1S/C25H25N2.2C23H22N3.C22H21N4/c1-16-6-9-24(26-14-16)21-8-7-20-13-25(27(5)15-22(20)12-21)23-11-17(2)10-18(3)19(23)4;1-15-10-16(2)17(3)21(11-15)22-13-18-6-7-19(12-20(18)14-26(22)4)23-24-8-5-9-25-23;1-15-9-16(2)17(3)21(10-15)23-12-18-5-6-19(11-20(18)14-26(23)4)22-13-24-7-8-25-22;1-14-7-15(2)16(3)20(8-14)21-10-17-5-6-18(9-19(17)11-26(21)4)22-24-12-23-13-25-22/h6-15H,1-5H3;2*5-14H,1-4H3;5-13H,1-4H3/q4*+1. The third kappa shape index (κ3) is 15.6. The second-order valence-electron chi connectivity index (χ2n) is 28.3. The van der Waals surface area contributed by atoms with E-state index in [1.54, 1.807) is 31.0 Å². The van der Waals surface area contributed by atoms with Gasteiger partial charge in [-0.25, -0.2) is 43.2 Å². The number of hydrogen-bond acceptors (Lipinski definition) is 8. The van der Waals surface area contributed by atoms with Crippen molar-refractivity contribution in [1.29, 1.82) is 0 Å². The molecule has 0 bridgehead atoms. The lowest BCUT2D eigenvalue weighted by molar-refractivity contribution is -0.659. The fourth-order valence-corrected chi connectivity index (χ4v) is 14.2. The zero-order valence-corrected chi connectivity index (χ0v) is 63.4. The Labute approximate surface area is 616 Å². The van der Waals surface area contributed by atoms with Gasteiger partial charge in [0, 0.05) is 121 Å². The molecule has 12 heteroatoms. The molecule has 0 amide bonds. The van der Waals surface area contributed by atoms with Crippen molar-refractivity contribution in [2.75, 3.05) is 0 Å². The van der Waals surface area contributed by atoms with E-state index in [1.807, 2.05) is 12.3 Å². The van der Waals surface area contributed by atoms with E-state index >= 15 is 0 Å². The van der Waals surface area contributed by atoms with Crippen molar-refractivity contribution in [2.24, 2.45) is 28.2 Å². The Morgan fingerprint density at radius 2 is 0.590 bits per heavy atom. The lowest BCUT2D eigenvalue weighted by atomic mass is 9.96. The molecule has 0 spiro atoms. The Morgan fingerprint density at radius 3 is 0.933 bits per heavy atom. The summed E-state index contributed by atoms with van der Waals surface area (Å²) in [5.74, 6) is 1.45. The van der Waals surface area contributed by atoms with Crippen LogP contribution in [0, 0.1) is 90.0 Å². The van der Waals surface area contributed by atoms with Gasteiger partial charge in [-0.1, -0.05) is 101 Å². The van der Waals surface area contributed by atoms with Crippen molar-refractivity contribution < 1.29 is 18.3 Å². The van der Waals surface area contributed by atoms with Crippen molar-refractivity contribution in [3.8, 4) is 90.3 Å². The van der Waals surface area contributed by atoms with Crippen LogP contribution in [-0.4, -0.2) is 39.9 Å². The van der Waals surface area contributed by atoms with E-state index in [9.17, 15) is 0 Å². The second kappa shape index (κ2) is 30.3. The second-order valence-corrected chi connectivity index (χ2v) is 28.3. The number of benzene rings is 8. The van der Waals surface area contributed by atoms with Gasteiger partial charge in [0.1, 0.15) is 40.8 Å². The lowest BCUT2D eigenvalue weighted by Gasteiger charge is -2.10. The SMILES string of the molecule is Cc1cc(C)c(C)c(-c2cc3ccc(-c4cnccn4)cc3c[n+]2C)c1.Cc1cc(C)c(C)c(-c2cc3ccc(-c4ncccn4)cc3c[n+]2C)c1.Cc1cc(C)c(C)c(-c2cc3ccc(-c4ncncn4)cc3c[n+]2C)c1.Cc1ccc(-c2ccc3cc(-c4cc(C)cc(C)c4C)[n+](C)cc3c2)nc1. The maximum atomic E-state index is 4.57. The highest BCUT2D eigenvalue weighted by Gasteiger charge is 2.22. The zero-order valence-electron chi connectivity index (χ0n) is 63.4. The summed E-state index contributed by atoms with van der Waals surface area (Å²) in [6.45, 7) is 28.2. The van der Waals surface area contributed by atoms with Crippen LogP contribution in [0.4, 0.5) is 0 Å². The fraction of sp³-hybridized carbons (Fsp3) is 0.183. The summed E-state index contributed by atoms with van der Waals surface area (Å²) in [7, 11) is 8.45. The molecule has 0 atom stereocenters. The van der Waals surface area contributed by atoms with Gasteiger partial charge in [-0.05, 0) is 222 Å². The molecule has 105 heavy (non-hydrogen) atoms. The molecule has 12 nitrogen and oxygen atoms in total. The molecule has 0 N–H and O–H groups in total. The van der Waals surface area contributed by atoms with Gasteiger partial charge in [-0.2, -0.15) is 0 Å². The predicted octanol–water partition coefficient (Wildman–Crippen LogP) is 19.2. The average Bonchev–Trinajstić information content (AvgIpc) is 0.793. The third-order valence-electron chi connectivity index (χ3n) is 20.4. The van der Waals surface area contributed by atoms with Crippen LogP contribution in [0.25, 0.3) is 133 Å². The van der Waals surface area contributed by atoms with E-state index in [-0.39, 0.29) is 0 Å². The van der Waals surface area contributed by atoms with Gasteiger partial charge in [0.2, 0.25) is 22.8 Å². The van der Waals surface area contributed by atoms with Crippen molar-refractivity contribution in [1.82, 2.24) is 39.9 Å². The van der Waals surface area contributed by atoms with Gasteiger partial charge < -0.3 is 0 Å². The molecule has 16 rings (SSSR count). The molecule has 0 aliphatic heterocycles. The van der Waals surface area contributed by atoms with Crippen LogP contribution in [0.5, 0.6) is 0 Å². The summed E-state index contributed by atoms with van der Waals surface area (Å²) in [6.07, 6.45) is 22.5. The van der Waals surface area contributed by atoms with Crippen LogP contribution in [0.15, 0.2) is 238 Å². The third-order valence-corrected chi connectivity index (χ3v) is 20.4. The van der Waals surface area contributed by atoms with Gasteiger partial charge >= 0.3 is 0 Å². The Kier molecular flexibility index (Phi) is 20.6. The lowest BCUT2D eigenvalue weighted by Crippen LogP contribution is -2.30. The van der Waals surface area contributed by atoms with E-state index in [1.165, 1.54) is 168 Å². The van der Waals surface area contributed by atoms with E-state index in [0.717, 1.165) is 44.9 Å². The van der Waals surface area contributed by atoms with Crippen LogP contribution in [-0.2, 0) is 28.2 Å². The van der Waals surface area contributed by atoms with Crippen LogP contribution < -0.4 is 18.3 Å². The summed E-state index contributed by atoms with van der Waals surface area (Å²) >= 11 is 0. The largest absolute Gasteiger partial charge is 0.261 e. The van der Waals surface area contributed by atoms with E-state index in [4.69, 9.17) is 0 Å². The number of aromatic nitrogens is 12. The molecule has 8 heterocycles. The highest BCUT2D eigenvalue weighted by molar-refractivity contribution is 5.91.